The van der Waals surface area contributed by atoms with Crippen LogP contribution >= 0.6 is 28.1 Å². The van der Waals surface area contributed by atoms with E-state index in [2.05, 4.69) is 31.9 Å². The average molecular weight is 442 g/mol. The zero-order valence-corrected chi connectivity index (χ0v) is 16.8. The zero-order valence-electron chi connectivity index (χ0n) is 14.4. The molecule has 0 aliphatic heterocycles. The third kappa shape index (κ3) is 5.22. The number of hydrogen-bond acceptors (Lipinski definition) is 2. The van der Waals surface area contributed by atoms with Crippen molar-refractivity contribution in [1.82, 2.24) is 5.32 Å². The Kier molecular flexibility index (Phi) is 6.66. The molecule has 2 aromatic rings. The van der Waals surface area contributed by atoms with E-state index in [4.69, 9.17) is 12.2 Å². The molecule has 2 rings (SSSR count). The number of aryl methyl sites for hydroxylation is 1. The molecule has 4 nitrogen and oxygen atoms in total. The highest BCUT2D eigenvalue weighted by Gasteiger charge is 2.16. The highest BCUT2D eigenvalue weighted by atomic mass is 79.9. The van der Waals surface area contributed by atoms with Gasteiger partial charge in [-0.2, -0.15) is 0 Å². The van der Waals surface area contributed by atoms with E-state index in [1.54, 1.807) is 6.92 Å². The molecule has 138 valence electrons. The van der Waals surface area contributed by atoms with E-state index < -0.39 is 11.7 Å². The van der Waals surface area contributed by atoms with Gasteiger partial charge in [-0.05, 0) is 84.8 Å². The summed E-state index contributed by atoms with van der Waals surface area (Å²) < 4.78 is 27.8. The summed E-state index contributed by atoms with van der Waals surface area (Å²) >= 11 is 8.30. The fourth-order valence-electron chi connectivity index (χ4n) is 2.16. The zero-order chi connectivity index (χ0) is 19.4. The molecular formula is C18H18BrF2N3OS. The lowest BCUT2D eigenvalue weighted by Gasteiger charge is -2.15. The molecule has 3 N–H and O–H groups in total. The molecule has 0 bridgehead atoms. The van der Waals surface area contributed by atoms with Gasteiger partial charge in [0.15, 0.2) is 5.11 Å². The first-order valence-corrected chi connectivity index (χ1v) is 9.01. The Labute approximate surface area is 164 Å². The quantitative estimate of drug-likeness (QED) is 0.585. The van der Waals surface area contributed by atoms with Crippen molar-refractivity contribution >= 4 is 50.5 Å². The molecule has 0 aliphatic carbocycles. The third-order valence-corrected chi connectivity index (χ3v) is 4.26. The minimum absolute atomic E-state index is 0.0757. The van der Waals surface area contributed by atoms with E-state index in [0.717, 1.165) is 0 Å². The summed E-state index contributed by atoms with van der Waals surface area (Å²) in [6.07, 6.45) is 0. The van der Waals surface area contributed by atoms with Gasteiger partial charge in [-0.25, -0.2) is 8.78 Å². The van der Waals surface area contributed by atoms with Gasteiger partial charge in [0.05, 0.1) is 11.3 Å². The largest absolute Gasteiger partial charge is 0.360 e. The summed E-state index contributed by atoms with van der Waals surface area (Å²) in [5, 5.41) is 8.59. The van der Waals surface area contributed by atoms with E-state index in [1.165, 1.54) is 30.3 Å². The Morgan fingerprint density at radius 1 is 1.12 bits per heavy atom. The number of thiocarbonyl (C=S) groups is 1. The monoisotopic (exact) mass is 441 g/mol. The standard InChI is InChI=1S/C18H18BrF2N3OS/c1-9(2)22-18(26)24-16-7-12(13(19)8-15(16)21)17(25)23-11-4-5-14(20)10(3)6-11/h4-9H,1-3H3,(H,23,25)(H2,22,24,26). The molecule has 0 fully saturated rings. The number of anilines is 2. The van der Waals surface area contributed by atoms with Gasteiger partial charge in [-0.3, -0.25) is 4.79 Å². The Hall–Kier alpha value is -2.06. The van der Waals surface area contributed by atoms with Crippen molar-refractivity contribution in [2.24, 2.45) is 0 Å². The van der Waals surface area contributed by atoms with Gasteiger partial charge in [-0.1, -0.05) is 0 Å². The van der Waals surface area contributed by atoms with Crippen molar-refractivity contribution in [3.63, 3.8) is 0 Å². The number of benzene rings is 2. The van der Waals surface area contributed by atoms with Gasteiger partial charge in [-0.15, -0.1) is 0 Å². The lowest BCUT2D eigenvalue weighted by Crippen LogP contribution is -2.34. The van der Waals surface area contributed by atoms with Crippen LogP contribution in [-0.4, -0.2) is 17.1 Å². The van der Waals surface area contributed by atoms with Crippen molar-refractivity contribution in [2.75, 3.05) is 10.6 Å². The molecule has 26 heavy (non-hydrogen) atoms. The lowest BCUT2D eigenvalue weighted by atomic mass is 10.1. The molecule has 8 heteroatoms. The van der Waals surface area contributed by atoms with Crippen LogP contribution in [-0.2, 0) is 0 Å². The maximum atomic E-state index is 14.2. The number of carbonyl (C=O) groups is 1. The molecule has 0 saturated heterocycles. The number of amides is 1. The third-order valence-electron chi connectivity index (χ3n) is 3.39. The molecule has 0 heterocycles. The van der Waals surface area contributed by atoms with Crippen molar-refractivity contribution in [3.8, 4) is 0 Å². The van der Waals surface area contributed by atoms with E-state index in [0.29, 0.717) is 15.7 Å². The van der Waals surface area contributed by atoms with Crippen LogP contribution in [0.1, 0.15) is 29.8 Å². The van der Waals surface area contributed by atoms with Crippen LogP contribution in [0.5, 0.6) is 0 Å². The predicted octanol–water partition coefficient (Wildman–Crippen LogP) is 4.98. The summed E-state index contributed by atoms with van der Waals surface area (Å²) in [7, 11) is 0. The Morgan fingerprint density at radius 2 is 1.81 bits per heavy atom. The van der Waals surface area contributed by atoms with Gasteiger partial charge >= 0.3 is 0 Å². The molecule has 0 saturated carbocycles. The van der Waals surface area contributed by atoms with Crippen molar-refractivity contribution in [3.05, 3.63) is 57.6 Å². The van der Waals surface area contributed by atoms with E-state index in [9.17, 15) is 13.6 Å². The number of nitrogens with one attached hydrogen (secondary N) is 3. The fraction of sp³-hybridized carbons (Fsp3) is 0.222. The summed E-state index contributed by atoms with van der Waals surface area (Å²) in [6, 6.07) is 6.88. The first-order chi connectivity index (χ1) is 12.2. The van der Waals surface area contributed by atoms with E-state index in [-0.39, 0.29) is 28.2 Å². The van der Waals surface area contributed by atoms with Crippen molar-refractivity contribution < 1.29 is 13.6 Å². The number of rotatable bonds is 4. The highest BCUT2D eigenvalue weighted by molar-refractivity contribution is 9.10. The summed E-state index contributed by atoms with van der Waals surface area (Å²) in [4.78, 5) is 12.5. The van der Waals surface area contributed by atoms with E-state index >= 15 is 0 Å². The minimum Gasteiger partial charge on any atom is -0.360 e. The minimum atomic E-state index is -0.557. The molecule has 0 aliphatic rings. The molecule has 0 atom stereocenters. The van der Waals surface area contributed by atoms with Crippen LogP contribution in [0.15, 0.2) is 34.8 Å². The Bertz CT molecular complexity index is 859. The smallest absolute Gasteiger partial charge is 0.256 e. The number of hydrogen-bond donors (Lipinski definition) is 3. The van der Waals surface area contributed by atoms with Crippen molar-refractivity contribution in [2.45, 2.75) is 26.8 Å². The first-order valence-electron chi connectivity index (χ1n) is 7.81. The molecule has 0 aromatic heterocycles. The van der Waals surface area contributed by atoms with Crippen LogP contribution in [0.2, 0.25) is 0 Å². The first kappa shape index (κ1) is 20.3. The Morgan fingerprint density at radius 3 is 2.42 bits per heavy atom. The fourth-order valence-corrected chi connectivity index (χ4v) is 3.00. The average Bonchev–Trinajstić information content (AvgIpc) is 2.52. The SMILES string of the molecule is Cc1cc(NC(=O)c2cc(NC(=S)NC(C)C)c(F)cc2Br)ccc1F. The number of carbonyl (C=O) groups excluding carboxylic acids is 1. The van der Waals surface area contributed by atoms with Crippen LogP contribution in [0.3, 0.4) is 0 Å². The van der Waals surface area contributed by atoms with Crippen LogP contribution in [0, 0.1) is 18.6 Å². The summed E-state index contributed by atoms with van der Waals surface area (Å²) in [5.74, 6) is -1.38. The van der Waals surface area contributed by atoms with Gasteiger partial charge in [0.25, 0.3) is 5.91 Å². The lowest BCUT2D eigenvalue weighted by molar-refractivity contribution is 0.102. The second-order valence-corrected chi connectivity index (χ2v) is 7.25. The second kappa shape index (κ2) is 8.55. The van der Waals surface area contributed by atoms with Gasteiger partial charge < -0.3 is 16.0 Å². The van der Waals surface area contributed by atoms with Gasteiger partial charge in [0, 0.05) is 16.2 Å². The van der Waals surface area contributed by atoms with Crippen LogP contribution in [0.25, 0.3) is 0 Å². The molecule has 0 unspecified atom stereocenters. The Balaban J connectivity index is 2.24. The highest BCUT2D eigenvalue weighted by Crippen LogP contribution is 2.26. The maximum absolute atomic E-state index is 14.2. The van der Waals surface area contributed by atoms with Gasteiger partial charge in [0.1, 0.15) is 11.6 Å². The summed E-state index contributed by atoms with van der Waals surface area (Å²) in [6.45, 7) is 5.40. The molecular weight excluding hydrogens is 424 g/mol. The molecule has 1 amide bonds. The van der Waals surface area contributed by atoms with Crippen LogP contribution in [0.4, 0.5) is 20.2 Å². The molecule has 0 radical (unpaired) electrons. The van der Waals surface area contributed by atoms with Crippen LogP contribution < -0.4 is 16.0 Å². The maximum Gasteiger partial charge on any atom is 0.256 e. The predicted molar refractivity (Wildman–Crippen MR) is 108 cm³/mol. The number of halogens is 3. The second-order valence-electron chi connectivity index (χ2n) is 5.98. The normalized spacial score (nSPS) is 10.6. The van der Waals surface area contributed by atoms with Crippen molar-refractivity contribution in [1.29, 1.82) is 0 Å². The molecule has 0 spiro atoms. The topological polar surface area (TPSA) is 53.2 Å². The molecule has 2 aromatic carbocycles. The summed E-state index contributed by atoms with van der Waals surface area (Å²) in [5.41, 5.74) is 1.14. The van der Waals surface area contributed by atoms with E-state index in [1.807, 2.05) is 13.8 Å². The van der Waals surface area contributed by atoms with Gasteiger partial charge in [0.2, 0.25) is 0 Å².